The predicted octanol–water partition coefficient (Wildman–Crippen LogP) is 4.54. The van der Waals surface area contributed by atoms with Crippen LogP contribution in [0.5, 0.6) is 0 Å². The Kier molecular flexibility index (Phi) is 5.28. The van der Waals surface area contributed by atoms with Crippen molar-refractivity contribution in [3.63, 3.8) is 0 Å². The van der Waals surface area contributed by atoms with E-state index in [-0.39, 0.29) is 22.6 Å². The van der Waals surface area contributed by atoms with Gasteiger partial charge in [0.05, 0.1) is 11.8 Å². The van der Waals surface area contributed by atoms with Crippen LogP contribution < -0.4 is 5.32 Å². The zero-order chi connectivity index (χ0) is 20.7. The zero-order valence-corrected chi connectivity index (χ0v) is 17.2. The van der Waals surface area contributed by atoms with Crippen molar-refractivity contribution in [2.45, 2.75) is 50.6 Å². The van der Waals surface area contributed by atoms with Gasteiger partial charge in [-0.1, -0.05) is 30.5 Å². The average molecular weight is 433 g/mol. The van der Waals surface area contributed by atoms with Crippen LogP contribution in [0.15, 0.2) is 24.4 Å². The zero-order valence-electron chi connectivity index (χ0n) is 16.5. The number of fused-ring (bicyclic) bond motifs is 1. The predicted molar refractivity (Wildman–Crippen MR) is 112 cm³/mol. The summed E-state index contributed by atoms with van der Waals surface area (Å²) in [5.41, 5.74) is 0.169. The molecule has 1 aromatic carbocycles. The summed E-state index contributed by atoms with van der Waals surface area (Å²) in [6.07, 6.45) is 8.68. The molecule has 3 heterocycles. The van der Waals surface area contributed by atoms with Crippen molar-refractivity contribution in [2.24, 2.45) is 0 Å². The molecule has 2 fully saturated rings. The highest BCUT2D eigenvalue weighted by Crippen LogP contribution is 2.29. The van der Waals surface area contributed by atoms with Gasteiger partial charge >= 0.3 is 0 Å². The number of likely N-dealkylation sites (tertiary alicyclic amines) is 1. The van der Waals surface area contributed by atoms with Gasteiger partial charge in [-0.25, -0.2) is 18.7 Å². The van der Waals surface area contributed by atoms with Crippen LogP contribution >= 0.6 is 11.6 Å². The molecule has 158 valence electrons. The molecule has 1 N–H and O–H groups in total. The van der Waals surface area contributed by atoms with Gasteiger partial charge in [-0.3, -0.25) is 0 Å². The Hall–Kier alpha value is -2.32. The van der Waals surface area contributed by atoms with E-state index in [9.17, 15) is 8.78 Å². The number of rotatable bonds is 4. The number of nitrogens with one attached hydrogen (secondary N) is 1. The first-order valence-corrected chi connectivity index (χ1v) is 10.8. The molecule has 0 bridgehead atoms. The Morgan fingerprint density at radius 2 is 1.73 bits per heavy atom. The fourth-order valence-electron chi connectivity index (χ4n) is 4.64. The van der Waals surface area contributed by atoms with Gasteiger partial charge in [0.1, 0.15) is 11.6 Å². The molecule has 0 unspecified atom stereocenters. The van der Waals surface area contributed by atoms with E-state index in [1.54, 1.807) is 0 Å². The number of imidazole rings is 1. The first-order valence-electron chi connectivity index (χ1n) is 10.5. The fourth-order valence-corrected chi connectivity index (χ4v) is 4.81. The summed E-state index contributed by atoms with van der Waals surface area (Å²) in [7, 11) is 0. The van der Waals surface area contributed by atoms with Gasteiger partial charge < -0.3 is 10.2 Å². The van der Waals surface area contributed by atoms with Crippen LogP contribution in [0, 0.1) is 11.6 Å². The van der Waals surface area contributed by atoms with Crippen LogP contribution in [-0.2, 0) is 0 Å². The molecule has 1 saturated carbocycles. The van der Waals surface area contributed by atoms with Crippen LogP contribution in [-0.4, -0.2) is 49.7 Å². The van der Waals surface area contributed by atoms with E-state index in [1.165, 1.54) is 54.6 Å². The number of hydrogen-bond acceptors (Lipinski definition) is 5. The minimum absolute atomic E-state index is 0.0658. The molecule has 3 aromatic rings. The standard InChI is InChI=1S/C21H23ClF2N6/c22-17-12-25-21-20(26-13-8-10-29(11-9-13)14-4-1-2-5-14)27-19(28-30(17)21)18-15(23)6-3-7-16(18)24/h3,6-7,12-14H,1-2,4-5,8-11H2,(H,26,27,28). The van der Waals surface area contributed by atoms with Gasteiger partial charge in [0.25, 0.3) is 0 Å². The third kappa shape index (κ3) is 3.63. The summed E-state index contributed by atoms with van der Waals surface area (Å²) in [5.74, 6) is -1.07. The Labute approximate surface area is 178 Å². The second-order valence-electron chi connectivity index (χ2n) is 8.09. The largest absolute Gasteiger partial charge is 0.364 e. The lowest BCUT2D eigenvalue weighted by atomic mass is 10.0. The lowest BCUT2D eigenvalue weighted by Crippen LogP contribution is -2.43. The number of benzene rings is 1. The molecule has 5 rings (SSSR count). The van der Waals surface area contributed by atoms with Gasteiger partial charge in [-0.05, 0) is 37.8 Å². The summed E-state index contributed by atoms with van der Waals surface area (Å²) in [4.78, 5) is 11.3. The lowest BCUT2D eigenvalue weighted by molar-refractivity contribution is 0.159. The maximum atomic E-state index is 14.3. The van der Waals surface area contributed by atoms with E-state index in [0.29, 0.717) is 11.5 Å². The molecule has 1 aliphatic carbocycles. The van der Waals surface area contributed by atoms with E-state index in [4.69, 9.17) is 11.6 Å². The highest BCUT2D eigenvalue weighted by atomic mass is 35.5. The highest BCUT2D eigenvalue weighted by molar-refractivity contribution is 6.29. The first kappa shape index (κ1) is 19.6. The molecule has 0 amide bonds. The number of nitrogens with zero attached hydrogens (tertiary/aromatic N) is 5. The van der Waals surface area contributed by atoms with Crippen LogP contribution in [0.2, 0.25) is 5.15 Å². The van der Waals surface area contributed by atoms with Crippen molar-refractivity contribution in [1.29, 1.82) is 0 Å². The number of anilines is 1. The molecule has 6 nitrogen and oxygen atoms in total. The van der Waals surface area contributed by atoms with Gasteiger partial charge in [-0.2, -0.15) is 4.52 Å². The second-order valence-corrected chi connectivity index (χ2v) is 8.48. The molecule has 2 aromatic heterocycles. The Balaban J connectivity index is 1.43. The summed E-state index contributed by atoms with van der Waals surface area (Å²) in [5, 5.41) is 7.91. The summed E-state index contributed by atoms with van der Waals surface area (Å²) in [6.45, 7) is 2.07. The monoisotopic (exact) mass is 432 g/mol. The van der Waals surface area contributed by atoms with Gasteiger partial charge in [-0.15, -0.1) is 5.10 Å². The smallest absolute Gasteiger partial charge is 0.198 e. The van der Waals surface area contributed by atoms with E-state index in [1.807, 2.05) is 0 Å². The number of halogens is 3. The first-order chi connectivity index (χ1) is 14.6. The Morgan fingerprint density at radius 1 is 1.03 bits per heavy atom. The third-order valence-corrected chi connectivity index (χ3v) is 6.48. The van der Waals surface area contributed by atoms with Crippen LogP contribution in [0.3, 0.4) is 0 Å². The third-order valence-electron chi connectivity index (χ3n) is 6.22. The van der Waals surface area contributed by atoms with Crippen molar-refractivity contribution in [1.82, 2.24) is 24.5 Å². The quantitative estimate of drug-likeness (QED) is 0.655. The van der Waals surface area contributed by atoms with Crippen LogP contribution in [0.1, 0.15) is 38.5 Å². The molecule has 0 atom stereocenters. The van der Waals surface area contributed by atoms with Crippen LogP contribution in [0.25, 0.3) is 17.0 Å². The molecule has 1 aliphatic heterocycles. The van der Waals surface area contributed by atoms with Crippen molar-refractivity contribution < 1.29 is 8.78 Å². The SMILES string of the molecule is Fc1cccc(F)c1-c1nc(NC2CCN(C3CCCC3)CC2)c2ncc(Cl)n2n1. The number of hydrogen-bond donors (Lipinski definition) is 1. The maximum absolute atomic E-state index is 14.3. The van der Waals surface area contributed by atoms with E-state index < -0.39 is 11.6 Å². The number of piperidine rings is 1. The Morgan fingerprint density at radius 3 is 2.43 bits per heavy atom. The van der Waals surface area contributed by atoms with Crippen LogP contribution in [0.4, 0.5) is 14.6 Å². The molecule has 1 saturated heterocycles. The van der Waals surface area contributed by atoms with Gasteiger partial charge in [0, 0.05) is 25.2 Å². The molecule has 0 radical (unpaired) electrons. The molecule has 30 heavy (non-hydrogen) atoms. The van der Waals surface area contributed by atoms with E-state index >= 15 is 0 Å². The molecular formula is C21H23ClF2N6. The summed E-state index contributed by atoms with van der Waals surface area (Å²) < 4.78 is 30.0. The minimum Gasteiger partial charge on any atom is -0.364 e. The van der Waals surface area contributed by atoms with Gasteiger partial charge in [0.15, 0.2) is 22.4 Å². The van der Waals surface area contributed by atoms with E-state index in [2.05, 4.69) is 25.3 Å². The van der Waals surface area contributed by atoms with Crippen molar-refractivity contribution in [3.05, 3.63) is 41.2 Å². The molecule has 9 heteroatoms. The van der Waals surface area contributed by atoms with Crippen molar-refractivity contribution in [3.8, 4) is 11.4 Å². The van der Waals surface area contributed by atoms with E-state index in [0.717, 1.165) is 32.0 Å². The summed E-state index contributed by atoms with van der Waals surface area (Å²) in [6, 6.07) is 4.61. The average Bonchev–Trinajstić information content (AvgIpc) is 3.40. The normalized spacial score (nSPS) is 19.0. The molecule has 0 spiro atoms. The molecular weight excluding hydrogens is 410 g/mol. The minimum atomic E-state index is -0.721. The van der Waals surface area contributed by atoms with Crippen molar-refractivity contribution in [2.75, 3.05) is 18.4 Å². The van der Waals surface area contributed by atoms with Gasteiger partial charge in [0.2, 0.25) is 0 Å². The Bertz CT molecular complexity index is 1040. The maximum Gasteiger partial charge on any atom is 0.198 e. The highest BCUT2D eigenvalue weighted by Gasteiger charge is 2.28. The number of aromatic nitrogens is 4. The topological polar surface area (TPSA) is 58.4 Å². The second kappa shape index (κ2) is 8.07. The summed E-state index contributed by atoms with van der Waals surface area (Å²) >= 11 is 6.21. The lowest BCUT2D eigenvalue weighted by Gasteiger charge is -2.36. The fraction of sp³-hybridized carbons (Fsp3) is 0.476. The molecule has 2 aliphatic rings. The van der Waals surface area contributed by atoms with Crippen molar-refractivity contribution >= 4 is 23.1 Å².